The molecule has 0 unspecified atom stereocenters. The Kier molecular flexibility index (Phi) is 4.04. The van der Waals surface area contributed by atoms with Crippen molar-refractivity contribution in [3.63, 3.8) is 0 Å². The summed E-state index contributed by atoms with van der Waals surface area (Å²) >= 11 is 5.92. The van der Waals surface area contributed by atoms with E-state index < -0.39 is 11.9 Å². The van der Waals surface area contributed by atoms with Gasteiger partial charge in [-0.1, -0.05) is 29.8 Å². The van der Waals surface area contributed by atoms with Gasteiger partial charge in [-0.25, -0.2) is 9.69 Å². The lowest BCUT2D eigenvalue weighted by molar-refractivity contribution is -0.113. The quantitative estimate of drug-likeness (QED) is 0.693. The summed E-state index contributed by atoms with van der Waals surface area (Å²) in [5, 5.41) is 3.03. The van der Waals surface area contributed by atoms with Crippen LogP contribution in [-0.2, 0) is 4.79 Å². The maximum absolute atomic E-state index is 12.5. The van der Waals surface area contributed by atoms with E-state index in [0.29, 0.717) is 10.7 Å². The third kappa shape index (κ3) is 3.05. The number of hydrogen-bond donors (Lipinski definition) is 1. The largest absolute Gasteiger partial charge is 0.497 e. The molecule has 1 fully saturated rings. The van der Waals surface area contributed by atoms with E-state index >= 15 is 0 Å². The Hall–Kier alpha value is -2.79. The van der Waals surface area contributed by atoms with Gasteiger partial charge in [-0.15, -0.1) is 0 Å². The molecular weight excluding hydrogens is 316 g/mol. The molecule has 2 aromatic carbocycles. The van der Waals surface area contributed by atoms with Gasteiger partial charge in [-0.05, 0) is 42.0 Å². The highest BCUT2D eigenvalue weighted by Gasteiger charge is 2.34. The molecule has 0 bridgehead atoms. The van der Waals surface area contributed by atoms with Gasteiger partial charge < -0.3 is 10.1 Å². The fraction of sp³-hybridized carbons (Fsp3) is 0.0588. The highest BCUT2D eigenvalue weighted by molar-refractivity contribution is 6.32. The maximum atomic E-state index is 12.5. The van der Waals surface area contributed by atoms with Crippen molar-refractivity contribution in [1.82, 2.24) is 5.32 Å². The van der Waals surface area contributed by atoms with Crippen LogP contribution in [0.1, 0.15) is 5.56 Å². The average molecular weight is 329 g/mol. The summed E-state index contributed by atoms with van der Waals surface area (Å²) in [6, 6.07) is 13.2. The summed E-state index contributed by atoms with van der Waals surface area (Å²) in [4.78, 5) is 25.6. The summed E-state index contributed by atoms with van der Waals surface area (Å²) in [5.41, 5.74) is 1.42. The second kappa shape index (κ2) is 6.14. The van der Waals surface area contributed by atoms with E-state index in [4.69, 9.17) is 16.3 Å². The molecule has 1 N–H and O–H groups in total. The maximum Gasteiger partial charge on any atom is 0.333 e. The Balaban J connectivity index is 1.89. The smallest absolute Gasteiger partial charge is 0.333 e. The van der Waals surface area contributed by atoms with Crippen molar-refractivity contribution in [2.45, 2.75) is 0 Å². The SMILES string of the molecule is COc1ccc(/C=C2\NC(=O)N(c3cccc(Cl)c3)C2=O)cc1. The zero-order valence-electron chi connectivity index (χ0n) is 12.2. The van der Waals surface area contributed by atoms with Gasteiger partial charge in [0.05, 0.1) is 12.8 Å². The van der Waals surface area contributed by atoms with Crippen LogP contribution < -0.4 is 15.0 Å². The molecule has 3 rings (SSSR count). The predicted octanol–water partition coefficient (Wildman–Crippen LogP) is 3.45. The molecule has 5 nitrogen and oxygen atoms in total. The van der Waals surface area contributed by atoms with Crippen LogP contribution >= 0.6 is 11.6 Å². The molecule has 1 aliphatic rings. The van der Waals surface area contributed by atoms with Crippen LogP contribution in [0.15, 0.2) is 54.2 Å². The number of halogens is 1. The van der Waals surface area contributed by atoms with Crippen molar-refractivity contribution in [2.24, 2.45) is 0 Å². The normalized spacial score (nSPS) is 15.9. The summed E-state index contributed by atoms with van der Waals surface area (Å²) in [7, 11) is 1.58. The predicted molar refractivity (Wildman–Crippen MR) is 88.4 cm³/mol. The van der Waals surface area contributed by atoms with Crippen LogP contribution in [-0.4, -0.2) is 19.0 Å². The Bertz CT molecular complexity index is 800. The van der Waals surface area contributed by atoms with Crippen molar-refractivity contribution in [3.8, 4) is 5.75 Å². The van der Waals surface area contributed by atoms with E-state index in [2.05, 4.69) is 5.32 Å². The number of hydrogen-bond acceptors (Lipinski definition) is 3. The number of ether oxygens (including phenoxy) is 1. The molecule has 116 valence electrons. The van der Waals surface area contributed by atoms with Crippen LogP contribution in [0, 0.1) is 0 Å². The Morgan fingerprint density at radius 2 is 1.87 bits per heavy atom. The number of carbonyl (C=O) groups is 2. The van der Waals surface area contributed by atoms with Gasteiger partial charge in [0.15, 0.2) is 0 Å². The van der Waals surface area contributed by atoms with Crippen LogP contribution in [0.5, 0.6) is 5.75 Å². The topological polar surface area (TPSA) is 58.6 Å². The third-order valence-electron chi connectivity index (χ3n) is 3.37. The number of urea groups is 1. The summed E-state index contributed by atoms with van der Waals surface area (Å²) in [6.07, 6.45) is 1.62. The fourth-order valence-corrected chi connectivity index (χ4v) is 2.44. The molecule has 0 aliphatic carbocycles. The van der Waals surface area contributed by atoms with Gasteiger partial charge in [-0.2, -0.15) is 0 Å². The lowest BCUT2D eigenvalue weighted by Crippen LogP contribution is -2.30. The Morgan fingerprint density at radius 1 is 1.13 bits per heavy atom. The fourth-order valence-electron chi connectivity index (χ4n) is 2.25. The van der Waals surface area contributed by atoms with Crippen molar-refractivity contribution in [2.75, 3.05) is 12.0 Å². The summed E-state index contributed by atoms with van der Waals surface area (Å²) in [5.74, 6) is 0.294. The minimum atomic E-state index is -0.503. The number of imide groups is 1. The minimum absolute atomic E-state index is 0.208. The molecule has 1 aliphatic heterocycles. The number of amides is 3. The van der Waals surface area contributed by atoms with E-state index in [1.165, 1.54) is 0 Å². The molecule has 2 aromatic rings. The zero-order valence-corrected chi connectivity index (χ0v) is 13.0. The zero-order chi connectivity index (χ0) is 16.4. The van der Waals surface area contributed by atoms with E-state index in [0.717, 1.165) is 16.2 Å². The highest BCUT2D eigenvalue weighted by atomic mass is 35.5. The number of anilines is 1. The molecule has 1 heterocycles. The van der Waals surface area contributed by atoms with Crippen molar-refractivity contribution in [3.05, 3.63) is 64.8 Å². The molecule has 0 saturated carbocycles. The van der Waals surface area contributed by atoms with Crippen LogP contribution in [0.4, 0.5) is 10.5 Å². The first-order chi connectivity index (χ1) is 11.1. The number of methoxy groups -OCH3 is 1. The number of benzene rings is 2. The monoisotopic (exact) mass is 328 g/mol. The first-order valence-corrected chi connectivity index (χ1v) is 7.23. The number of nitrogens with zero attached hydrogens (tertiary/aromatic N) is 1. The van der Waals surface area contributed by atoms with Crippen LogP contribution in [0.2, 0.25) is 5.02 Å². The molecule has 0 spiro atoms. The van der Waals surface area contributed by atoms with E-state index in [9.17, 15) is 9.59 Å². The molecule has 3 amide bonds. The Morgan fingerprint density at radius 3 is 2.52 bits per heavy atom. The second-order valence-corrected chi connectivity index (χ2v) is 5.32. The van der Waals surface area contributed by atoms with Crippen molar-refractivity contribution >= 4 is 35.3 Å². The van der Waals surface area contributed by atoms with Crippen LogP contribution in [0.25, 0.3) is 6.08 Å². The van der Waals surface area contributed by atoms with Gasteiger partial charge in [0.1, 0.15) is 11.4 Å². The number of nitrogens with one attached hydrogen (secondary N) is 1. The molecule has 0 atom stereocenters. The number of carbonyl (C=O) groups excluding carboxylic acids is 2. The summed E-state index contributed by atoms with van der Waals surface area (Å²) < 4.78 is 5.09. The van der Waals surface area contributed by atoms with Gasteiger partial charge in [0.2, 0.25) is 0 Å². The van der Waals surface area contributed by atoms with Gasteiger partial charge in [-0.3, -0.25) is 4.79 Å². The number of rotatable bonds is 3. The lowest BCUT2D eigenvalue weighted by atomic mass is 10.2. The second-order valence-electron chi connectivity index (χ2n) is 4.88. The first kappa shape index (κ1) is 15.1. The van der Waals surface area contributed by atoms with Crippen LogP contribution in [0.3, 0.4) is 0 Å². The average Bonchev–Trinajstić information content (AvgIpc) is 2.82. The lowest BCUT2D eigenvalue weighted by Gasteiger charge is -2.11. The molecule has 6 heteroatoms. The van der Waals surface area contributed by atoms with Gasteiger partial charge >= 0.3 is 6.03 Å². The van der Waals surface area contributed by atoms with E-state index in [-0.39, 0.29) is 5.70 Å². The first-order valence-electron chi connectivity index (χ1n) is 6.85. The van der Waals surface area contributed by atoms with Crippen molar-refractivity contribution < 1.29 is 14.3 Å². The molecule has 0 radical (unpaired) electrons. The van der Waals surface area contributed by atoms with E-state index in [1.54, 1.807) is 61.7 Å². The van der Waals surface area contributed by atoms with Gasteiger partial charge in [0.25, 0.3) is 5.91 Å². The molecular formula is C17H13ClN2O3. The van der Waals surface area contributed by atoms with Crippen molar-refractivity contribution in [1.29, 1.82) is 0 Å². The molecule has 23 heavy (non-hydrogen) atoms. The molecule has 1 saturated heterocycles. The summed E-state index contributed by atoms with van der Waals surface area (Å²) in [6.45, 7) is 0. The Labute approximate surface area is 138 Å². The van der Waals surface area contributed by atoms with E-state index in [1.807, 2.05) is 0 Å². The van der Waals surface area contributed by atoms with Gasteiger partial charge in [0, 0.05) is 5.02 Å². The highest BCUT2D eigenvalue weighted by Crippen LogP contribution is 2.25. The molecule has 0 aromatic heterocycles. The minimum Gasteiger partial charge on any atom is -0.497 e. The third-order valence-corrected chi connectivity index (χ3v) is 3.61. The standard InChI is InChI=1S/C17H13ClN2O3/c1-23-14-7-5-11(6-8-14)9-15-16(21)20(17(22)19-15)13-4-2-3-12(18)10-13/h2-10H,1H3,(H,19,22)/b15-9-.